The number of benzene rings is 1. The predicted molar refractivity (Wildman–Crippen MR) is 95.7 cm³/mol. The number of carbonyl (C=O) groups is 1. The molecule has 0 aromatic heterocycles. The van der Waals surface area contributed by atoms with Crippen LogP contribution in [0.2, 0.25) is 0 Å². The van der Waals surface area contributed by atoms with Crippen molar-refractivity contribution < 1.29 is 19.4 Å². The van der Waals surface area contributed by atoms with Crippen molar-refractivity contribution in [3.05, 3.63) is 29.8 Å². The number of carbonyl (C=O) groups excluding carboxylic acids is 1. The minimum Gasteiger partial charge on any atom is -0.497 e. The van der Waals surface area contributed by atoms with E-state index in [0.29, 0.717) is 25.9 Å². The molecule has 0 bridgehead atoms. The van der Waals surface area contributed by atoms with E-state index in [1.807, 2.05) is 36.1 Å². The van der Waals surface area contributed by atoms with Gasteiger partial charge in [-0.3, -0.25) is 4.79 Å². The van der Waals surface area contributed by atoms with Crippen molar-refractivity contribution in [2.24, 2.45) is 0 Å². The van der Waals surface area contributed by atoms with Crippen LogP contribution >= 0.6 is 0 Å². The Morgan fingerprint density at radius 3 is 2.52 bits per heavy atom. The van der Waals surface area contributed by atoms with Gasteiger partial charge in [-0.15, -0.1) is 0 Å². The van der Waals surface area contributed by atoms with Gasteiger partial charge in [0.2, 0.25) is 5.91 Å². The van der Waals surface area contributed by atoms with E-state index in [9.17, 15) is 9.90 Å². The van der Waals surface area contributed by atoms with E-state index < -0.39 is 5.60 Å². The lowest BCUT2D eigenvalue weighted by Gasteiger charge is -2.48. The van der Waals surface area contributed by atoms with Gasteiger partial charge in [-0.2, -0.15) is 0 Å². The van der Waals surface area contributed by atoms with E-state index in [4.69, 9.17) is 9.47 Å². The average Bonchev–Trinajstić information content (AvgIpc) is 2.60. The lowest BCUT2D eigenvalue weighted by Crippen LogP contribution is -2.54. The summed E-state index contributed by atoms with van der Waals surface area (Å²) in [4.78, 5) is 14.5. The maximum absolute atomic E-state index is 12.5. The zero-order chi connectivity index (χ0) is 17.9. The second-order valence-corrected chi connectivity index (χ2v) is 7.68. The molecular weight excluding hydrogens is 318 g/mol. The lowest BCUT2D eigenvalue weighted by atomic mass is 9.78. The molecule has 5 nitrogen and oxygen atoms in total. The molecular formula is C20H29NO4. The molecule has 1 aromatic carbocycles. The first kappa shape index (κ1) is 18.2. The van der Waals surface area contributed by atoms with Gasteiger partial charge >= 0.3 is 0 Å². The van der Waals surface area contributed by atoms with E-state index in [1.165, 1.54) is 0 Å². The first-order valence-electron chi connectivity index (χ1n) is 9.19. The van der Waals surface area contributed by atoms with Crippen LogP contribution in [0.25, 0.3) is 0 Å². The topological polar surface area (TPSA) is 59.0 Å². The first-order chi connectivity index (χ1) is 11.9. The Morgan fingerprint density at radius 2 is 1.92 bits per heavy atom. The number of piperidine rings is 1. The molecule has 2 fully saturated rings. The van der Waals surface area contributed by atoms with Crippen LogP contribution in [0.5, 0.6) is 5.75 Å². The van der Waals surface area contributed by atoms with Gasteiger partial charge in [0, 0.05) is 25.9 Å². The van der Waals surface area contributed by atoms with E-state index in [1.54, 1.807) is 7.11 Å². The molecule has 2 aliphatic rings. The zero-order valence-electron chi connectivity index (χ0n) is 15.3. The van der Waals surface area contributed by atoms with Crippen molar-refractivity contribution in [3.8, 4) is 5.75 Å². The quantitative estimate of drug-likeness (QED) is 0.909. The van der Waals surface area contributed by atoms with Gasteiger partial charge in [0.05, 0.1) is 24.9 Å². The van der Waals surface area contributed by atoms with Crippen LogP contribution in [0.4, 0.5) is 0 Å². The second kappa shape index (κ2) is 7.34. The van der Waals surface area contributed by atoms with Crippen LogP contribution in [0.15, 0.2) is 24.3 Å². The number of methoxy groups -OCH3 is 1. The summed E-state index contributed by atoms with van der Waals surface area (Å²) in [7, 11) is 1.65. The molecule has 2 aliphatic heterocycles. The summed E-state index contributed by atoms with van der Waals surface area (Å²) in [6.45, 7) is 3.94. The van der Waals surface area contributed by atoms with Crippen LogP contribution < -0.4 is 4.74 Å². The van der Waals surface area contributed by atoms with Crippen molar-refractivity contribution in [3.63, 3.8) is 0 Å². The smallest absolute Gasteiger partial charge is 0.222 e. The van der Waals surface area contributed by atoms with Crippen LogP contribution in [-0.2, 0) is 16.0 Å². The molecule has 1 N–H and O–H groups in total. The maximum atomic E-state index is 12.5. The number of aliphatic hydroxyl groups is 1. The summed E-state index contributed by atoms with van der Waals surface area (Å²) in [5.74, 6) is 1.04. The van der Waals surface area contributed by atoms with Crippen LogP contribution in [0.1, 0.15) is 44.6 Å². The minimum absolute atomic E-state index is 0.202. The van der Waals surface area contributed by atoms with E-state index in [2.05, 4.69) is 0 Å². The van der Waals surface area contributed by atoms with Gasteiger partial charge in [-0.05, 0) is 50.3 Å². The Hall–Kier alpha value is -1.59. The summed E-state index contributed by atoms with van der Waals surface area (Å²) in [6.07, 6.45) is 4.27. The maximum Gasteiger partial charge on any atom is 0.222 e. The number of ether oxygens (including phenoxy) is 2. The molecule has 1 atom stereocenters. The fourth-order valence-electron chi connectivity index (χ4n) is 4.01. The number of hydrogen-bond acceptors (Lipinski definition) is 4. The molecule has 0 saturated carbocycles. The van der Waals surface area contributed by atoms with Gasteiger partial charge in [-0.1, -0.05) is 12.1 Å². The summed E-state index contributed by atoms with van der Waals surface area (Å²) >= 11 is 0. The molecule has 1 unspecified atom stereocenters. The van der Waals surface area contributed by atoms with E-state index in [0.717, 1.165) is 43.7 Å². The Balaban J connectivity index is 1.48. The molecule has 1 aromatic rings. The first-order valence-corrected chi connectivity index (χ1v) is 9.19. The largest absolute Gasteiger partial charge is 0.497 e. The fraction of sp³-hybridized carbons (Fsp3) is 0.650. The summed E-state index contributed by atoms with van der Waals surface area (Å²) < 4.78 is 11.2. The molecule has 1 amide bonds. The minimum atomic E-state index is -0.640. The van der Waals surface area contributed by atoms with Gasteiger partial charge < -0.3 is 19.5 Å². The summed E-state index contributed by atoms with van der Waals surface area (Å²) in [5, 5.41) is 10.3. The monoisotopic (exact) mass is 347 g/mol. The molecule has 138 valence electrons. The highest BCUT2D eigenvalue weighted by Crippen LogP contribution is 2.39. The molecule has 1 spiro atoms. The number of aryl methyl sites for hydroxylation is 1. The molecule has 2 heterocycles. The Labute approximate surface area is 149 Å². The predicted octanol–water partition coefficient (Wildman–Crippen LogP) is 2.55. The molecule has 5 heteroatoms. The fourth-order valence-corrected chi connectivity index (χ4v) is 4.01. The van der Waals surface area contributed by atoms with Crippen LogP contribution in [0.3, 0.4) is 0 Å². The standard InChI is InChI=1S/C20H29NO4/c1-19(23)11-14-25-20(15-19)9-12-21(13-10-20)18(22)8-5-16-3-6-17(24-2)7-4-16/h3-4,6-7,23H,5,8-15H2,1-2H3. The number of nitrogens with zero attached hydrogens (tertiary/aromatic N) is 1. The third-order valence-corrected chi connectivity index (χ3v) is 5.57. The molecule has 0 radical (unpaired) electrons. The summed E-state index contributed by atoms with van der Waals surface area (Å²) in [6, 6.07) is 7.87. The highest BCUT2D eigenvalue weighted by molar-refractivity contribution is 5.76. The number of rotatable bonds is 4. The highest BCUT2D eigenvalue weighted by Gasteiger charge is 2.44. The van der Waals surface area contributed by atoms with Crippen LogP contribution in [-0.4, -0.2) is 53.9 Å². The number of likely N-dealkylation sites (tertiary alicyclic amines) is 1. The summed E-state index contributed by atoms with van der Waals surface area (Å²) in [5.41, 5.74) is 0.266. The van der Waals surface area contributed by atoms with E-state index >= 15 is 0 Å². The van der Waals surface area contributed by atoms with Crippen molar-refractivity contribution >= 4 is 5.91 Å². The van der Waals surface area contributed by atoms with Crippen molar-refractivity contribution in [2.45, 2.75) is 56.7 Å². The third-order valence-electron chi connectivity index (χ3n) is 5.57. The molecule has 25 heavy (non-hydrogen) atoms. The number of hydrogen-bond donors (Lipinski definition) is 1. The molecule has 3 rings (SSSR count). The Bertz CT molecular complexity index is 588. The van der Waals surface area contributed by atoms with Gasteiger partial charge in [0.1, 0.15) is 5.75 Å². The van der Waals surface area contributed by atoms with Gasteiger partial charge in [0.15, 0.2) is 0 Å². The van der Waals surface area contributed by atoms with Crippen molar-refractivity contribution in [2.75, 3.05) is 26.8 Å². The second-order valence-electron chi connectivity index (χ2n) is 7.68. The van der Waals surface area contributed by atoms with Crippen molar-refractivity contribution in [1.29, 1.82) is 0 Å². The zero-order valence-corrected chi connectivity index (χ0v) is 15.3. The van der Waals surface area contributed by atoms with Gasteiger partial charge in [0.25, 0.3) is 0 Å². The van der Waals surface area contributed by atoms with Gasteiger partial charge in [-0.25, -0.2) is 0 Å². The molecule has 2 saturated heterocycles. The van der Waals surface area contributed by atoms with Crippen molar-refractivity contribution in [1.82, 2.24) is 4.90 Å². The lowest BCUT2D eigenvalue weighted by molar-refractivity contribution is -0.175. The highest BCUT2D eigenvalue weighted by atomic mass is 16.5. The number of amides is 1. The Kier molecular flexibility index (Phi) is 5.35. The normalized spacial score (nSPS) is 25.8. The SMILES string of the molecule is COc1ccc(CCC(=O)N2CCC3(CC2)CC(C)(O)CCO3)cc1. The molecule has 0 aliphatic carbocycles. The van der Waals surface area contributed by atoms with Crippen LogP contribution in [0, 0.1) is 0 Å². The average molecular weight is 347 g/mol. The van der Waals surface area contributed by atoms with E-state index in [-0.39, 0.29) is 11.5 Å². The Morgan fingerprint density at radius 1 is 1.24 bits per heavy atom. The third kappa shape index (κ3) is 4.53.